The lowest BCUT2D eigenvalue weighted by Gasteiger charge is -2.36. The minimum atomic E-state index is -2.81. The monoisotopic (exact) mass is 364 g/mol. The maximum atomic E-state index is 13.9. The second-order valence-corrected chi connectivity index (χ2v) is 8.15. The molecule has 1 aromatic carbocycles. The highest BCUT2D eigenvalue weighted by Crippen LogP contribution is 2.48. The van der Waals surface area contributed by atoms with Crippen LogP contribution < -0.4 is 5.32 Å². The number of fused-ring (bicyclic) bond motifs is 1. The molecule has 0 unspecified atom stereocenters. The van der Waals surface area contributed by atoms with Gasteiger partial charge >= 0.3 is 0 Å². The molecule has 1 aromatic rings. The van der Waals surface area contributed by atoms with Gasteiger partial charge in [0.2, 0.25) is 5.92 Å². The van der Waals surface area contributed by atoms with Gasteiger partial charge in [0.25, 0.3) is 5.91 Å². The molecule has 2 N–H and O–H groups in total. The van der Waals surface area contributed by atoms with E-state index < -0.39 is 29.8 Å². The number of alkyl halides is 2. The summed E-state index contributed by atoms with van der Waals surface area (Å²) in [5, 5.41) is 14.9. The number of carbonyl (C=O) groups excluding carboxylic acids is 1. The normalized spacial score (nSPS) is 32.9. The van der Waals surface area contributed by atoms with Gasteiger partial charge in [0.1, 0.15) is 0 Å². The molecule has 2 aliphatic heterocycles. The van der Waals surface area contributed by atoms with Gasteiger partial charge < -0.3 is 15.3 Å². The first-order valence-corrected chi connectivity index (χ1v) is 9.56. The van der Waals surface area contributed by atoms with Gasteiger partial charge in [-0.3, -0.25) is 4.79 Å². The third-order valence-electron chi connectivity index (χ3n) is 6.50. The van der Waals surface area contributed by atoms with E-state index in [9.17, 15) is 18.7 Å². The maximum absolute atomic E-state index is 13.9. The molecule has 3 fully saturated rings. The summed E-state index contributed by atoms with van der Waals surface area (Å²) >= 11 is 0. The van der Waals surface area contributed by atoms with Crippen LogP contribution in [-0.2, 0) is 10.4 Å². The highest BCUT2D eigenvalue weighted by atomic mass is 19.3. The number of halogens is 2. The Bertz CT molecular complexity index is 655. The van der Waals surface area contributed by atoms with E-state index in [4.69, 9.17) is 0 Å². The second kappa shape index (κ2) is 6.57. The molecule has 3 aliphatic rings. The number of amides is 1. The fourth-order valence-corrected chi connectivity index (χ4v) is 5.01. The zero-order chi connectivity index (χ0) is 18.4. The van der Waals surface area contributed by atoms with Crippen molar-refractivity contribution in [3.05, 3.63) is 35.9 Å². The molecule has 6 heteroatoms. The summed E-state index contributed by atoms with van der Waals surface area (Å²) in [5.74, 6) is -3.15. The van der Waals surface area contributed by atoms with E-state index in [-0.39, 0.29) is 12.8 Å². The molecule has 1 amide bonds. The fourth-order valence-electron chi connectivity index (χ4n) is 5.01. The van der Waals surface area contributed by atoms with Crippen molar-refractivity contribution in [2.24, 2.45) is 17.8 Å². The Morgan fingerprint density at radius 1 is 1.19 bits per heavy atom. The lowest BCUT2D eigenvalue weighted by atomic mass is 9.79. The summed E-state index contributed by atoms with van der Waals surface area (Å²) in [5.41, 5.74) is -1.44. The van der Waals surface area contributed by atoms with Crippen LogP contribution in [0.25, 0.3) is 0 Å². The van der Waals surface area contributed by atoms with E-state index in [1.807, 2.05) is 0 Å². The van der Waals surface area contributed by atoms with Crippen LogP contribution >= 0.6 is 0 Å². The molecule has 0 radical (unpaired) electrons. The number of benzene rings is 1. The average Bonchev–Trinajstić information content (AvgIpc) is 3.24. The maximum Gasteiger partial charge on any atom is 0.259 e. The lowest BCUT2D eigenvalue weighted by molar-refractivity contribution is -0.159. The molecule has 1 saturated carbocycles. The number of nitrogens with zero attached hydrogens (tertiary/aromatic N) is 1. The Morgan fingerprint density at radius 3 is 2.58 bits per heavy atom. The predicted molar refractivity (Wildman–Crippen MR) is 93.7 cm³/mol. The van der Waals surface area contributed by atoms with Crippen LogP contribution in [0.4, 0.5) is 8.78 Å². The number of rotatable bonds is 3. The highest BCUT2D eigenvalue weighted by Gasteiger charge is 2.55. The molecule has 4 atom stereocenters. The minimum Gasteiger partial charge on any atom is -0.375 e. The number of nitrogens with one attached hydrogen (secondary N) is 1. The van der Waals surface area contributed by atoms with Crippen LogP contribution in [0.1, 0.15) is 31.2 Å². The van der Waals surface area contributed by atoms with Crippen LogP contribution in [0.2, 0.25) is 0 Å². The van der Waals surface area contributed by atoms with Crippen molar-refractivity contribution in [1.29, 1.82) is 0 Å². The fraction of sp³-hybridized carbons (Fsp3) is 0.650. The summed E-state index contributed by atoms with van der Waals surface area (Å²) in [6.07, 6.45) is 0.466. The van der Waals surface area contributed by atoms with Gasteiger partial charge in [0, 0.05) is 31.8 Å². The molecule has 142 valence electrons. The predicted octanol–water partition coefficient (Wildman–Crippen LogP) is 2.38. The number of piperidine rings is 1. The number of hydrogen-bond acceptors (Lipinski definition) is 3. The minimum absolute atomic E-state index is 0.159. The molecule has 1 aliphatic carbocycles. The molecular weight excluding hydrogens is 338 g/mol. The van der Waals surface area contributed by atoms with Gasteiger partial charge in [0.15, 0.2) is 5.60 Å². The summed E-state index contributed by atoms with van der Waals surface area (Å²) < 4.78 is 27.8. The molecule has 0 bridgehead atoms. The van der Waals surface area contributed by atoms with Crippen molar-refractivity contribution < 1.29 is 18.7 Å². The van der Waals surface area contributed by atoms with Gasteiger partial charge in [-0.1, -0.05) is 30.3 Å². The van der Waals surface area contributed by atoms with Crippen LogP contribution in [0.5, 0.6) is 0 Å². The van der Waals surface area contributed by atoms with Gasteiger partial charge in [-0.15, -0.1) is 0 Å². The van der Waals surface area contributed by atoms with E-state index in [0.717, 1.165) is 19.5 Å². The molecule has 26 heavy (non-hydrogen) atoms. The molecule has 4 nitrogen and oxygen atoms in total. The van der Waals surface area contributed by atoms with E-state index in [0.29, 0.717) is 30.5 Å². The van der Waals surface area contributed by atoms with E-state index in [1.54, 1.807) is 35.2 Å². The number of likely N-dealkylation sites (tertiary alicyclic amines) is 1. The molecule has 0 aromatic heterocycles. The van der Waals surface area contributed by atoms with Crippen LogP contribution in [0.3, 0.4) is 0 Å². The number of hydrogen-bond donors (Lipinski definition) is 2. The van der Waals surface area contributed by atoms with Crippen molar-refractivity contribution in [2.45, 2.75) is 37.2 Å². The van der Waals surface area contributed by atoms with Crippen LogP contribution in [-0.4, -0.2) is 48.0 Å². The van der Waals surface area contributed by atoms with Crippen LogP contribution in [0.15, 0.2) is 30.3 Å². The van der Waals surface area contributed by atoms with Crippen LogP contribution in [0, 0.1) is 17.8 Å². The standard InChI is InChI=1S/C20H26F2N2O2/c21-19(22)8-6-17(10-19)20(26,16-4-2-1-3-5-16)18(25)24-12-14-7-9-23-11-15(14)13-24/h1-5,14-15,17,23,26H,6-13H2/t14-,15+,17-,20+/m1/s1. The summed E-state index contributed by atoms with van der Waals surface area (Å²) in [6, 6.07) is 8.65. The topological polar surface area (TPSA) is 52.6 Å². The molecule has 0 spiro atoms. The zero-order valence-corrected chi connectivity index (χ0v) is 14.8. The summed E-state index contributed by atoms with van der Waals surface area (Å²) in [4.78, 5) is 15.1. The van der Waals surface area contributed by atoms with Crippen molar-refractivity contribution in [3.8, 4) is 0 Å². The molecule has 4 rings (SSSR count). The summed E-state index contributed by atoms with van der Waals surface area (Å²) in [7, 11) is 0. The van der Waals surface area contributed by atoms with Gasteiger partial charge in [-0.05, 0) is 43.3 Å². The Morgan fingerprint density at radius 2 is 1.92 bits per heavy atom. The largest absolute Gasteiger partial charge is 0.375 e. The van der Waals surface area contributed by atoms with Gasteiger partial charge in [0.05, 0.1) is 0 Å². The van der Waals surface area contributed by atoms with E-state index >= 15 is 0 Å². The smallest absolute Gasteiger partial charge is 0.259 e. The second-order valence-electron chi connectivity index (χ2n) is 8.15. The summed E-state index contributed by atoms with van der Waals surface area (Å²) in [6.45, 7) is 3.03. The first kappa shape index (κ1) is 17.9. The first-order valence-electron chi connectivity index (χ1n) is 9.56. The van der Waals surface area contributed by atoms with Gasteiger partial charge in [-0.2, -0.15) is 0 Å². The van der Waals surface area contributed by atoms with E-state index in [2.05, 4.69) is 5.32 Å². The van der Waals surface area contributed by atoms with Crippen molar-refractivity contribution >= 4 is 5.91 Å². The third kappa shape index (κ3) is 3.03. The number of carbonyl (C=O) groups is 1. The highest BCUT2D eigenvalue weighted by molar-refractivity contribution is 5.87. The molecule has 2 saturated heterocycles. The quantitative estimate of drug-likeness (QED) is 0.866. The molecular formula is C20H26F2N2O2. The Kier molecular flexibility index (Phi) is 4.51. The van der Waals surface area contributed by atoms with E-state index in [1.165, 1.54) is 0 Å². The SMILES string of the molecule is O=C(N1C[C@H]2CCNC[C@H]2C1)[C@](O)(c1ccccc1)[C@@H]1CCC(F)(F)C1. The third-order valence-corrected chi connectivity index (χ3v) is 6.50. The zero-order valence-electron chi connectivity index (χ0n) is 14.8. The van der Waals surface area contributed by atoms with Gasteiger partial charge in [-0.25, -0.2) is 8.78 Å². The van der Waals surface area contributed by atoms with Crippen molar-refractivity contribution in [1.82, 2.24) is 10.2 Å². The average molecular weight is 364 g/mol. The Hall–Kier alpha value is -1.53. The Labute approximate surface area is 152 Å². The molecule has 2 heterocycles. The first-order chi connectivity index (χ1) is 12.4. The van der Waals surface area contributed by atoms with Crippen molar-refractivity contribution in [2.75, 3.05) is 26.2 Å². The van der Waals surface area contributed by atoms with Crippen molar-refractivity contribution in [3.63, 3.8) is 0 Å². The number of aliphatic hydroxyl groups is 1. The Balaban J connectivity index is 1.64. The lowest BCUT2D eigenvalue weighted by Crippen LogP contribution is -2.50.